The zero-order chi connectivity index (χ0) is 18.4. The monoisotopic (exact) mass is 328 g/mol. The first-order valence-electron chi connectivity index (χ1n) is 5.66. The van der Waals surface area contributed by atoms with Crippen molar-refractivity contribution >= 4 is 17.9 Å². The van der Waals surface area contributed by atoms with Gasteiger partial charge in [0.2, 0.25) is 0 Å². The summed E-state index contributed by atoms with van der Waals surface area (Å²) < 4.78 is 8.58. The second kappa shape index (κ2) is 31.3. The van der Waals surface area contributed by atoms with Crippen molar-refractivity contribution in [2.24, 2.45) is 0 Å². The quantitative estimate of drug-likeness (QED) is 0.453. The van der Waals surface area contributed by atoms with Gasteiger partial charge in [-0.3, -0.25) is 0 Å². The highest BCUT2D eigenvalue weighted by molar-refractivity contribution is 5.81. The number of aliphatic carboxylic acids is 1. The summed E-state index contributed by atoms with van der Waals surface area (Å²) in [5, 5.41) is 15.1. The summed E-state index contributed by atoms with van der Waals surface area (Å²) in [7, 11) is 1.31. The zero-order valence-electron chi connectivity index (χ0n) is 13.5. The van der Waals surface area contributed by atoms with Crippen LogP contribution in [-0.2, 0) is 23.9 Å². The van der Waals surface area contributed by atoms with E-state index < -0.39 is 11.9 Å². The van der Waals surface area contributed by atoms with Gasteiger partial charge in [-0.25, -0.2) is 14.4 Å². The van der Waals surface area contributed by atoms with Crippen LogP contribution in [0.1, 0.15) is 6.92 Å². The number of carboxylic acid groups (broad SMARTS) is 1. The van der Waals surface area contributed by atoms with Gasteiger partial charge < -0.3 is 20.7 Å². The number of allylic oxidation sites excluding steroid dienone is 1. The SMILES string of the molecule is C=CC#N.C=CC(=O)O.C=CC(=O)OC.C=CC(=O)OCC.N. The Balaban J connectivity index is -0.0000000630. The number of nitrogens with zero attached hydrogens (tertiary/aromatic N) is 1. The summed E-state index contributed by atoms with van der Waals surface area (Å²) in [6, 6.07) is 1.69. The number of methoxy groups -OCH3 is 1. The molecule has 0 saturated carbocycles. The molecule has 0 radical (unpaired) electrons. The molecule has 0 aliphatic heterocycles. The van der Waals surface area contributed by atoms with Crippen LogP contribution < -0.4 is 6.15 Å². The van der Waals surface area contributed by atoms with Crippen molar-refractivity contribution in [2.45, 2.75) is 6.92 Å². The van der Waals surface area contributed by atoms with Crippen LogP contribution >= 0.6 is 0 Å². The lowest BCUT2D eigenvalue weighted by Crippen LogP contribution is -1.97. The fourth-order valence-corrected chi connectivity index (χ4v) is 0.285. The van der Waals surface area contributed by atoms with E-state index in [-0.39, 0.29) is 12.1 Å². The maximum Gasteiger partial charge on any atom is 0.330 e. The molecule has 0 unspecified atom stereocenters. The summed E-state index contributed by atoms with van der Waals surface area (Å²) in [6.45, 7) is 14.6. The van der Waals surface area contributed by atoms with Crippen molar-refractivity contribution in [2.75, 3.05) is 13.7 Å². The molecular formula is C15H24N2O6. The molecule has 0 amide bonds. The number of rotatable bonds is 4. The van der Waals surface area contributed by atoms with E-state index in [1.54, 1.807) is 13.0 Å². The lowest BCUT2D eigenvalue weighted by molar-refractivity contribution is -0.137. The molecule has 8 nitrogen and oxygen atoms in total. The molecule has 4 N–H and O–H groups in total. The highest BCUT2D eigenvalue weighted by atomic mass is 16.5. The van der Waals surface area contributed by atoms with Crippen LogP contribution in [-0.4, -0.2) is 36.7 Å². The summed E-state index contributed by atoms with van der Waals surface area (Å²) in [4.78, 5) is 29.2. The van der Waals surface area contributed by atoms with Gasteiger partial charge in [-0.1, -0.05) is 26.3 Å². The van der Waals surface area contributed by atoms with Gasteiger partial charge in [0.1, 0.15) is 0 Å². The van der Waals surface area contributed by atoms with Crippen LogP contribution in [0.2, 0.25) is 0 Å². The topological polar surface area (TPSA) is 149 Å². The van der Waals surface area contributed by atoms with E-state index in [1.807, 2.05) is 0 Å². The fraction of sp³-hybridized carbons (Fsp3) is 0.200. The third-order valence-corrected chi connectivity index (χ3v) is 1.09. The van der Waals surface area contributed by atoms with E-state index in [0.29, 0.717) is 6.61 Å². The average Bonchev–Trinajstić information content (AvgIpc) is 2.55. The third kappa shape index (κ3) is 68.4. The summed E-state index contributed by atoms with van der Waals surface area (Å²) in [5.41, 5.74) is 0. The van der Waals surface area contributed by atoms with Crippen molar-refractivity contribution in [1.82, 2.24) is 6.15 Å². The molecule has 0 aromatic carbocycles. The number of carboxylic acids is 1. The van der Waals surface area contributed by atoms with E-state index >= 15 is 0 Å². The third-order valence-electron chi connectivity index (χ3n) is 1.09. The van der Waals surface area contributed by atoms with Crippen molar-refractivity contribution in [1.29, 1.82) is 5.26 Å². The first kappa shape index (κ1) is 32.0. The maximum atomic E-state index is 10.1. The van der Waals surface area contributed by atoms with E-state index in [1.165, 1.54) is 13.2 Å². The second-order valence-electron chi connectivity index (χ2n) is 2.56. The number of carbonyl (C=O) groups is 3. The molecule has 0 aliphatic rings. The fourth-order valence-electron chi connectivity index (χ4n) is 0.285. The predicted molar refractivity (Wildman–Crippen MR) is 87.7 cm³/mol. The zero-order valence-corrected chi connectivity index (χ0v) is 13.5. The van der Waals surface area contributed by atoms with Gasteiger partial charge in [0.05, 0.1) is 19.8 Å². The molecule has 0 heterocycles. The number of esters is 2. The van der Waals surface area contributed by atoms with E-state index in [9.17, 15) is 14.4 Å². The number of carbonyl (C=O) groups excluding carboxylic acids is 2. The summed E-state index contributed by atoms with van der Waals surface area (Å²) in [5.74, 6) is -1.73. The Hall–Kier alpha value is -3.18. The number of ether oxygens (including phenoxy) is 2. The minimum atomic E-state index is -0.981. The average molecular weight is 328 g/mol. The van der Waals surface area contributed by atoms with Crippen molar-refractivity contribution in [3.05, 3.63) is 50.6 Å². The lowest BCUT2D eigenvalue weighted by Gasteiger charge is -1.90. The smallest absolute Gasteiger partial charge is 0.330 e. The normalized spacial score (nSPS) is 6.13. The Labute approximate surface area is 136 Å². The van der Waals surface area contributed by atoms with Crippen molar-refractivity contribution in [3.8, 4) is 6.07 Å². The van der Waals surface area contributed by atoms with Gasteiger partial charge in [-0.2, -0.15) is 5.26 Å². The molecule has 0 rings (SSSR count). The number of hydrogen-bond donors (Lipinski definition) is 2. The van der Waals surface area contributed by atoms with Crippen LogP contribution in [0.25, 0.3) is 0 Å². The van der Waals surface area contributed by atoms with Gasteiger partial charge >= 0.3 is 17.9 Å². The highest BCUT2D eigenvalue weighted by Gasteiger charge is 1.86. The Morgan fingerprint density at radius 2 is 1.43 bits per heavy atom. The summed E-state index contributed by atoms with van der Waals surface area (Å²) in [6.07, 6.45) is 4.27. The molecule has 0 aliphatic carbocycles. The molecule has 0 atom stereocenters. The number of nitriles is 1. The summed E-state index contributed by atoms with van der Waals surface area (Å²) >= 11 is 0. The minimum Gasteiger partial charge on any atom is -0.478 e. The molecule has 23 heavy (non-hydrogen) atoms. The van der Waals surface area contributed by atoms with Crippen LogP contribution in [0.15, 0.2) is 50.6 Å². The maximum absolute atomic E-state index is 10.1. The standard InChI is InChI=1S/C5H8O2.C4H6O2.C3H3N.C3H4O2.H3N/c1-3-5(6)7-4-2;1-3-4(5)6-2;1-2-3-4;1-2-3(4)5;/h3H,1,4H2,2H3;3H,1H2,2H3;2H,1H2;2H,1H2,(H,4,5);1H3. The molecule has 0 spiro atoms. The van der Waals surface area contributed by atoms with Gasteiger partial charge in [-0.05, 0) is 6.92 Å². The molecule has 0 aromatic heterocycles. The van der Waals surface area contributed by atoms with Gasteiger partial charge in [0.15, 0.2) is 0 Å². The highest BCUT2D eigenvalue weighted by Crippen LogP contribution is 1.74. The Morgan fingerprint density at radius 3 is 1.48 bits per heavy atom. The van der Waals surface area contributed by atoms with Crippen molar-refractivity contribution < 1.29 is 29.0 Å². The second-order valence-corrected chi connectivity index (χ2v) is 2.56. The Kier molecular flexibility index (Phi) is 43.5. The molecule has 0 saturated heterocycles. The van der Waals surface area contributed by atoms with Gasteiger partial charge in [0, 0.05) is 24.3 Å². The van der Waals surface area contributed by atoms with Gasteiger partial charge in [-0.15, -0.1) is 0 Å². The Bertz CT molecular complexity index is 411. The molecule has 0 bridgehead atoms. The largest absolute Gasteiger partial charge is 0.478 e. The van der Waals surface area contributed by atoms with E-state index in [0.717, 1.165) is 18.2 Å². The molecular weight excluding hydrogens is 304 g/mol. The first-order valence-corrected chi connectivity index (χ1v) is 5.66. The van der Waals surface area contributed by atoms with Crippen LogP contribution in [0, 0.1) is 11.3 Å². The van der Waals surface area contributed by atoms with Gasteiger partial charge in [0.25, 0.3) is 0 Å². The predicted octanol–water partition coefficient (Wildman–Crippen LogP) is 2.20. The van der Waals surface area contributed by atoms with Crippen molar-refractivity contribution in [3.63, 3.8) is 0 Å². The molecule has 0 aromatic rings. The molecule has 130 valence electrons. The first-order chi connectivity index (χ1) is 10.3. The van der Waals surface area contributed by atoms with Crippen LogP contribution in [0.4, 0.5) is 0 Å². The van der Waals surface area contributed by atoms with Crippen LogP contribution in [0.5, 0.6) is 0 Å². The van der Waals surface area contributed by atoms with E-state index in [4.69, 9.17) is 10.4 Å². The molecule has 0 fully saturated rings. The number of hydrogen-bond acceptors (Lipinski definition) is 7. The van der Waals surface area contributed by atoms with Crippen LogP contribution in [0.3, 0.4) is 0 Å². The Morgan fingerprint density at radius 1 is 1.09 bits per heavy atom. The minimum absolute atomic E-state index is 0. The van der Waals surface area contributed by atoms with E-state index in [2.05, 4.69) is 35.8 Å². The molecule has 8 heteroatoms. The lowest BCUT2D eigenvalue weighted by atomic mass is 10.6.